The first kappa shape index (κ1) is 13.1. The van der Waals surface area contributed by atoms with E-state index >= 15 is 0 Å². The Morgan fingerprint density at radius 3 is 2.91 bits per heavy atom. The second-order valence-corrected chi connectivity index (χ2v) is 4.86. The van der Waals surface area contributed by atoms with E-state index in [-0.39, 0.29) is 17.1 Å². The van der Waals surface area contributed by atoms with Gasteiger partial charge in [-0.2, -0.15) is 0 Å². The van der Waals surface area contributed by atoms with Gasteiger partial charge in [0.15, 0.2) is 0 Å². The monoisotopic (exact) mass is 308 g/mol. The molecule has 0 spiro atoms. The molecule has 0 aliphatic heterocycles. The molecule has 0 saturated carbocycles. The lowest BCUT2D eigenvalue weighted by molar-refractivity contribution is -0.384. The van der Waals surface area contributed by atoms with E-state index < -0.39 is 10.5 Å². The Hall–Kier alpha value is -3.55. The SMILES string of the molecule is O=c1[nH]c(-c2cccc([N+](=O)[O-])c2)nc2c1oc1ncccc12. The third kappa shape index (κ3) is 2.04. The summed E-state index contributed by atoms with van der Waals surface area (Å²) in [7, 11) is 0. The summed E-state index contributed by atoms with van der Waals surface area (Å²) in [6, 6.07) is 9.36. The van der Waals surface area contributed by atoms with Crippen LogP contribution in [0, 0.1) is 10.1 Å². The summed E-state index contributed by atoms with van der Waals surface area (Å²) in [5.41, 5.74) is 0.665. The molecule has 8 heteroatoms. The maximum Gasteiger partial charge on any atom is 0.294 e. The topological polar surface area (TPSA) is 115 Å². The van der Waals surface area contributed by atoms with Crippen molar-refractivity contribution in [3.8, 4) is 11.4 Å². The van der Waals surface area contributed by atoms with Crippen LogP contribution in [0.15, 0.2) is 51.8 Å². The number of nitro benzene ring substituents is 1. The number of pyridine rings is 1. The minimum Gasteiger partial charge on any atom is -0.430 e. The van der Waals surface area contributed by atoms with E-state index in [2.05, 4.69) is 15.0 Å². The molecule has 3 heterocycles. The number of furan rings is 1. The van der Waals surface area contributed by atoms with Gasteiger partial charge < -0.3 is 9.40 Å². The molecule has 4 aromatic rings. The molecule has 0 saturated heterocycles. The molecule has 112 valence electrons. The molecule has 1 N–H and O–H groups in total. The average Bonchev–Trinajstić information content (AvgIpc) is 2.94. The number of hydrogen-bond acceptors (Lipinski definition) is 6. The molecule has 4 rings (SSSR count). The summed E-state index contributed by atoms with van der Waals surface area (Å²) >= 11 is 0. The maximum atomic E-state index is 12.2. The highest BCUT2D eigenvalue weighted by atomic mass is 16.6. The molecule has 0 radical (unpaired) electrons. The van der Waals surface area contributed by atoms with Crippen molar-refractivity contribution in [2.24, 2.45) is 0 Å². The summed E-state index contributed by atoms with van der Waals surface area (Å²) < 4.78 is 5.41. The molecule has 0 amide bonds. The minimum absolute atomic E-state index is 0.0767. The molecule has 0 atom stereocenters. The Bertz CT molecular complexity index is 1130. The van der Waals surface area contributed by atoms with E-state index in [0.717, 1.165) is 0 Å². The quantitative estimate of drug-likeness (QED) is 0.449. The van der Waals surface area contributed by atoms with Gasteiger partial charge in [-0.15, -0.1) is 0 Å². The lowest BCUT2D eigenvalue weighted by Gasteiger charge is -2.00. The van der Waals surface area contributed by atoms with Crippen molar-refractivity contribution in [3.05, 3.63) is 63.1 Å². The van der Waals surface area contributed by atoms with Crippen LogP contribution in [0.3, 0.4) is 0 Å². The second-order valence-electron chi connectivity index (χ2n) is 4.86. The second kappa shape index (κ2) is 4.73. The van der Waals surface area contributed by atoms with Crippen LogP contribution in [-0.4, -0.2) is 19.9 Å². The molecular weight excluding hydrogens is 300 g/mol. The summed E-state index contributed by atoms with van der Waals surface area (Å²) in [6.07, 6.45) is 1.56. The zero-order chi connectivity index (χ0) is 16.0. The first-order valence-corrected chi connectivity index (χ1v) is 6.66. The number of hydrogen-bond donors (Lipinski definition) is 1. The number of nitro groups is 1. The largest absolute Gasteiger partial charge is 0.430 e. The first-order valence-electron chi connectivity index (χ1n) is 6.66. The molecule has 0 aliphatic rings. The molecule has 0 unspecified atom stereocenters. The third-order valence-corrected chi connectivity index (χ3v) is 3.43. The van der Waals surface area contributed by atoms with Crippen molar-refractivity contribution >= 4 is 27.9 Å². The smallest absolute Gasteiger partial charge is 0.294 e. The van der Waals surface area contributed by atoms with Crippen LogP contribution in [0.25, 0.3) is 33.6 Å². The van der Waals surface area contributed by atoms with Gasteiger partial charge in [0.25, 0.3) is 11.2 Å². The van der Waals surface area contributed by atoms with Crippen LogP contribution >= 0.6 is 0 Å². The molecule has 0 aliphatic carbocycles. The number of rotatable bonds is 2. The van der Waals surface area contributed by atoms with E-state index in [1.165, 1.54) is 18.2 Å². The summed E-state index contributed by atoms with van der Waals surface area (Å²) in [4.78, 5) is 33.6. The Morgan fingerprint density at radius 1 is 1.22 bits per heavy atom. The van der Waals surface area contributed by atoms with Crippen molar-refractivity contribution in [3.63, 3.8) is 0 Å². The van der Waals surface area contributed by atoms with Gasteiger partial charge in [-0.05, 0) is 12.1 Å². The zero-order valence-electron chi connectivity index (χ0n) is 11.5. The minimum atomic E-state index is -0.503. The Kier molecular flexibility index (Phi) is 2.70. The van der Waals surface area contributed by atoms with Gasteiger partial charge in [0.2, 0.25) is 11.3 Å². The lowest BCUT2D eigenvalue weighted by Crippen LogP contribution is -2.08. The standard InChI is InChI=1S/C15H8N4O4/c20-14-12-11(10-5-2-6-16-15(10)23-12)17-13(18-14)8-3-1-4-9(7-8)19(21)22/h1-7H,(H,17,18,20). The van der Waals surface area contributed by atoms with E-state index in [1.54, 1.807) is 24.4 Å². The molecule has 3 aromatic heterocycles. The molecular formula is C15H8N4O4. The number of aromatic nitrogens is 3. The Morgan fingerprint density at radius 2 is 2.09 bits per heavy atom. The Balaban J connectivity index is 2.01. The molecule has 8 nitrogen and oxygen atoms in total. The predicted octanol–water partition coefficient (Wildman–Crippen LogP) is 2.64. The fraction of sp³-hybridized carbons (Fsp3) is 0. The lowest BCUT2D eigenvalue weighted by atomic mass is 10.2. The van der Waals surface area contributed by atoms with Gasteiger partial charge in [0.05, 0.1) is 10.3 Å². The van der Waals surface area contributed by atoms with Gasteiger partial charge in [0.1, 0.15) is 11.3 Å². The number of benzene rings is 1. The number of nitrogens with zero attached hydrogens (tertiary/aromatic N) is 3. The average molecular weight is 308 g/mol. The van der Waals surface area contributed by atoms with Gasteiger partial charge >= 0.3 is 0 Å². The van der Waals surface area contributed by atoms with Gasteiger partial charge in [0, 0.05) is 23.9 Å². The van der Waals surface area contributed by atoms with Gasteiger partial charge in [-0.1, -0.05) is 12.1 Å². The van der Waals surface area contributed by atoms with E-state index in [9.17, 15) is 14.9 Å². The summed E-state index contributed by atoms with van der Waals surface area (Å²) in [5, 5.41) is 11.5. The number of H-pyrrole nitrogens is 1. The first-order chi connectivity index (χ1) is 11.1. The predicted molar refractivity (Wildman–Crippen MR) is 82.0 cm³/mol. The van der Waals surface area contributed by atoms with Crippen LogP contribution in [0.5, 0.6) is 0 Å². The van der Waals surface area contributed by atoms with Crippen molar-refractivity contribution in [2.45, 2.75) is 0 Å². The fourth-order valence-corrected chi connectivity index (χ4v) is 2.39. The van der Waals surface area contributed by atoms with Crippen molar-refractivity contribution in [2.75, 3.05) is 0 Å². The normalized spacial score (nSPS) is 11.1. The molecule has 0 bridgehead atoms. The van der Waals surface area contributed by atoms with Crippen molar-refractivity contribution in [1.82, 2.24) is 15.0 Å². The molecule has 23 heavy (non-hydrogen) atoms. The summed E-state index contributed by atoms with van der Waals surface area (Å²) in [5.74, 6) is 0.234. The third-order valence-electron chi connectivity index (χ3n) is 3.43. The number of aromatic amines is 1. The summed E-state index contributed by atoms with van der Waals surface area (Å²) in [6.45, 7) is 0. The van der Waals surface area contributed by atoms with Crippen LogP contribution in [-0.2, 0) is 0 Å². The number of fused-ring (bicyclic) bond motifs is 3. The van der Waals surface area contributed by atoms with Crippen LogP contribution < -0.4 is 5.56 Å². The van der Waals surface area contributed by atoms with Gasteiger partial charge in [-0.3, -0.25) is 14.9 Å². The van der Waals surface area contributed by atoms with Crippen LogP contribution in [0.4, 0.5) is 5.69 Å². The maximum absolute atomic E-state index is 12.2. The highest BCUT2D eigenvalue weighted by Gasteiger charge is 2.15. The number of nitrogens with one attached hydrogen (secondary N) is 1. The van der Waals surface area contributed by atoms with Crippen molar-refractivity contribution in [1.29, 1.82) is 0 Å². The van der Waals surface area contributed by atoms with Crippen molar-refractivity contribution < 1.29 is 9.34 Å². The molecule has 0 fully saturated rings. The number of non-ortho nitro benzene ring substituents is 1. The fourth-order valence-electron chi connectivity index (χ4n) is 2.39. The highest BCUT2D eigenvalue weighted by Crippen LogP contribution is 2.26. The highest BCUT2D eigenvalue weighted by molar-refractivity contribution is 6.00. The molecule has 1 aromatic carbocycles. The van der Waals surface area contributed by atoms with Gasteiger partial charge in [-0.25, -0.2) is 9.97 Å². The van der Waals surface area contributed by atoms with E-state index in [4.69, 9.17) is 4.42 Å². The van der Waals surface area contributed by atoms with Crippen LogP contribution in [0.1, 0.15) is 0 Å². The Labute approximate surface area is 127 Å². The zero-order valence-corrected chi connectivity index (χ0v) is 11.5. The van der Waals surface area contributed by atoms with Crippen LogP contribution in [0.2, 0.25) is 0 Å². The van der Waals surface area contributed by atoms with E-state index in [0.29, 0.717) is 22.2 Å². The van der Waals surface area contributed by atoms with E-state index in [1.807, 2.05) is 0 Å².